The number of carbonyl (C=O) groups is 1. The van der Waals surface area contributed by atoms with Gasteiger partial charge in [0.2, 0.25) is 0 Å². The molecule has 0 aliphatic carbocycles. The molecule has 0 aliphatic heterocycles. The van der Waals surface area contributed by atoms with Gasteiger partial charge in [0, 0.05) is 24.1 Å². The van der Waals surface area contributed by atoms with Gasteiger partial charge in [0.1, 0.15) is 5.76 Å². The highest BCUT2D eigenvalue weighted by atomic mass is 32.2. The largest absolute Gasteiger partial charge is 0.467 e. The van der Waals surface area contributed by atoms with Gasteiger partial charge in [0.05, 0.1) is 19.4 Å². The van der Waals surface area contributed by atoms with Crippen molar-refractivity contribution < 1.29 is 13.9 Å². The molecular weight excluding hydrogens is 286 g/mol. The minimum absolute atomic E-state index is 0.0175. The highest BCUT2D eigenvalue weighted by Crippen LogP contribution is 2.17. The van der Waals surface area contributed by atoms with E-state index in [1.165, 1.54) is 0 Å². The van der Waals surface area contributed by atoms with E-state index in [-0.39, 0.29) is 5.91 Å². The van der Waals surface area contributed by atoms with Gasteiger partial charge in [0.15, 0.2) is 0 Å². The summed E-state index contributed by atoms with van der Waals surface area (Å²) < 4.78 is 10.4. The zero-order valence-electron chi connectivity index (χ0n) is 12.2. The first kappa shape index (κ1) is 15.7. The lowest BCUT2D eigenvalue weighted by molar-refractivity contribution is 0.0666. The molecule has 0 fully saturated rings. The third-order valence-corrected chi connectivity index (χ3v) is 3.86. The molecule has 0 atom stereocenters. The molecule has 21 heavy (non-hydrogen) atoms. The van der Waals surface area contributed by atoms with Gasteiger partial charge in [-0.3, -0.25) is 4.79 Å². The van der Waals surface area contributed by atoms with E-state index in [0.29, 0.717) is 25.3 Å². The SMILES string of the molecule is COCCN(Cc1ccco1)C(=O)c1ccc(SC)cc1. The Kier molecular flexibility index (Phi) is 5.90. The zero-order valence-corrected chi connectivity index (χ0v) is 13.1. The van der Waals surface area contributed by atoms with E-state index in [4.69, 9.17) is 9.15 Å². The fourth-order valence-corrected chi connectivity index (χ4v) is 2.37. The van der Waals surface area contributed by atoms with Crippen LogP contribution in [0.2, 0.25) is 0 Å². The van der Waals surface area contributed by atoms with Gasteiger partial charge in [-0.2, -0.15) is 0 Å². The van der Waals surface area contributed by atoms with Crippen molar-refractivity contribution in [3.63, 3.8) is 0 Å². The van der Waals surface area contributed by atoms with Gasteiger partial charge in [0.25, 0.3) is 5.91 Å². The Labute approximate surface area is 129 Å². The summed E-state index contributed by atoms with van der Waals surface area (Å²) >= 11 is 1.66. The molecule has 1 amide bonds. The predicted octanol–water partition coefficient (Wildman–Crippen LogP) is 3.29. The smallest absolute Gasteiger partial charge is 0.254 e. The standard InChI is InChI=1S/C16H19NO3S/c1-19-11-9-17(12-14-4-3-10-20-14)16(18)13-5-7-15(21-2)8-6-13/h3-8,10H,9,11-12H2,1-2H3. The van der Waals surface area contributed by atoms with Gasteiger partial charge in [-0.25, -0.2) is 0 Å². The second kappa shape index (κ2) is 7.90. The molecule has 2 rings (SSSR count). The van der Waals surface area contributed by atoms with Crippen LogP contribution in [0, 0.1) is 0 Å². The van der Waals surface area contributed by atoms with E-state index in [9.17, 15) is 4.79 Å². The van der Waals surface area contributed by atoms with Crippen molar-refractivity contribution in [2.75, 3.05) is 26.5 Å². The molecule has 5 heteroatoms. The number of hydrogen-bond donors (Lipinski definition) is 0. The van der Waals surface area contributed by atoms with E-state index in [0.717, 1.165) is 10.7 Å². The second-order valence-corrected chi connectivity index (χ2v) is 5.41. The van der Waals surface area contributed by atoms with Crippen LogP contribution in [-0.4, -0.2) is 37.3 Å². The molecule has 0 N–H and O–H groups in total. The minimum Gasteiger partial charge on any atom is -0.467 e. The zero-order chi connectivity index (χ0) is 15.1. The van der Waals surface area contributed by atoms with Crippen LogP contribution in [-0.2, 0) is 11.3 Å². The van der Waals surface area contributed by atoms with Crippen molar-refractivity contribution in [3.8, 4) is 0 Å². The van der Waals surface area contributed by atoms with Crippen LogP contribution in [0.15, 0.2) is 52.0 Å². The maximum atomic E-state index is 12.6. The number of rotatable bonds is 7. The van der Waals surface area contributed by atoms with E-state index in [1.54, 1.807) is 30.0 Å². The third-order valence-electron chi connectivity index (χ3n) is 3.12. The minimum atomic E-state index is -0.0175. The van der Waals surface area contributed by atoms with Crippen molar-refractivity contribution in [1.29, 1.82) is 0 Å². The quantitative estimate of drug-likeness (QED) is 0.736. The Hall–Kier alpha value is -1.72. The summed E-state index contributed by atoms with van der Waals surface area (Å²) in [6, 6.07) is 11.3. The van der Waals surface area contributed by atoms with E-state index in [1.807, 2.05) is 42.7 Å². The van der Waals surface area contributed by atoms with Gasteiger partial charge in [-0.1, -0.05) is 0 Å². The van der Waals surface area contributed by atoms with E-state index >= 15 is 0 Å². The molecule has 0 spiro atoms. The number of thioether (sulfide) groups is 1. The Morgan fingerprint density at radius 3 is 2.62 bits per heavy atom. The molecule has 0 saturated heterocycles. The van der Waals surface area contributed by atoms with E-state index in [2.05, 4.69) is 0 Å². The van der Waals surface area contributed by atoms with Crippen LogP contribution in [0.5, 0.6) is 0 Å². The van der Waals surface area contributed by atoms with Gasteiger partial charge in [-0.15, -0.1) is 11.8 Å². The van der Waals surface area contributed by atoms with Gasteiger partial charge < -0.3 is 14.1 Å². The summed E-state index contributed by atoms with van der Waals surface area (Å²) in [7, 11) is 1.63. The highest BCUT2D eigenvalue weighted by Gasteiger charge is 2.17. The second-order valence-electron chi connectivity index (χ2n) is 4.53. The molecule has 2 aromatic rings. The first-order valence-electron chi connectivity index (χ1n) is 6.69. The number of amides is 1. The first-order chi connectivity index (χ1) is 10.2. The van der Waals surface area contributed by atoms with Crippen molar-refractivity contribution in [2.45, 2.75) is 11.4 Å². The molecule has 4 nitrogen and oxygen atoms in total. The molecule has 1 aromatic heterocycles. The van der Waals surface area contributed by atoms with Gasteiger partial charge >= 0.3 is 0 Å². The Bertz CT molecular complexity index is 551. The molecule has 1 heterocycles. The first-order valence-corrected chi connectivity index (χ1v) is 7.91. The molecule has 0 bridgehead atoms. The third kappa shape index (κ3) is 4.37. The monoisotopic (exact) mass is 305 g/mol. The fourth-order valence-electron chi connectivity index (χ4n) is 1.96. The Balaban J connectivity index is 2.11. The van der Waals surface area contributed by atoms with Gasteiger partial charge in [-0.05, 0) is 42.7 Å². The number of furan rings is 1. The van der Waals surface area contributed by atoms with Crippen LogP contribution >= 0.6 is 11.8 Å². The van der Waals surface area contributed by atoms with Crippen LogP contribution in [0.1, 0.15) is 16.1 Å². The molecular formula is C16H19NO3S. The Morgan fingerprint density at radius 2 is 2.05 bits per heavy atom. The number of hydrogen-bond acceptors (Lipinski definition) is 4. The Morgan fingerprint density at radius 1 is 1.29 bits per heavy atom. The maximum Gasteiger partial charge on any atom is 0.254 e. The summed E-state index contributed by atoms with van der Waals surface area (Å²) in [5.41, 5.74) is 0.676. The summed E-state index contributed by atoms with van der Waals surface area (Å²) in [5.74, 6) is 0.747. The summed E-state index contributed by atoms with van der Waals surface area (Å²) in [6.45, 7) is 1.47. The van der Waals surface area contributed by atoms with Crippen LogP contribution in [0.4, 0.5) is 0 Å². The highest BCUT2D eigenvalue weighted by molar-refractivity contribution is 7.98. The fraction of sp³-hybridized carbons (Fsp3) is 0.312. The average molecular weight is 305 g/mol. The predicted molar refractivity (Wildman–Crippen MR) is 83.5 cm³/mol. The summed E-state index contributed by atoms with van der Waals surface area (Å²) in [5, 5.41) is 0. The number of nitrogens with zero attached hydrogens (tertiary/aromatic N) is 1. The number of ether oxygens (including phenoxy) is 1. The number of methoxy groups -OCH3 is 1. The van der Waals surface area contributed by atoms with Crippen LogP contribution < -0.4 is 0 Å². The van der Waals surface area contributed by atoms with Crippen molar-refractivity contribution in [3.05, 3.63) is 54.0 Å². The van der Waals surface area contributed by atoms with Crippen LogP contribution in [0.25, 0.3) is 0 Å². The summed E-state index contributed by atoms with van der Waals surface area (Å²) in [4.78, 5) is 15.5. The molecule has 1 aromatic carbocycles. The molecule has 112 valence electrons. The normalized spacial score (nSPS) is 10.6. The lowest BCUT2D eigenvalue weighted by Gasteiger charge is -2.21. The topological polar surface area (TPSA) is 42.7 Å². The number of carbonyl (C=O) groups excluding carboxylic acids is 1. The molecule has 0 unspecified atom stereocenters. The number of benzene rings is 1. The molecule has 0 radical (unpaired) electrons. The van der Waals surface area contributed by atoms with Crippen molar-refractivity contribution in [2.24, 2.45) is 0 Å². The maximum absolute atomic E-state index is 12.6. The van der Waals surface area contributed by atoms with E-state index < -0.39 is 0 Å². The summed E-state index contributed by atoms with van der Waals surface area (Å²) in [6.07, 6.45) is 3.63. The van der Waals surface area contributed by atoms with Crippen molar-refractivity contribution in [1.82, 2.24) is 4.90 Å². The lowest BCUT2D eigenvalue weighted by Crippen LogP contribution is -2.33. The lowest BCUT2D eigenvalue weighted by atomic mass is 10.2. The molecule has 0 aliphatic rings. The molecule has 0 saturated carbocycles. The van der Waals surface area contributed by atoms with Crippen LogP contribution in [0.3, 0.4) is 0 Å². The average Bonchev–Trinajstić information content (AvgIpc) is 3.04. The van der Waals surface area contributed by atoms with Crippen molar-refractivity contribution >= 4 is 17.7 Å².